The first-order chi connectivity index (χ1) is 11.6. The second kappa shape index (κ2) is 6.67. The van der Waals surface area contributed by atoms with E-state index in [0.29, 0.717) is 11.3 Å². The lowest BCUT2D eigenvalue weighted by Gasteiger charge is -2.06. The fourth-order valence-electron chi connectivity index (χ4n) is 1.96. The topological polar surface area (TPSA) is 96.8 Å². The molecule has 0 radical (unpaired) electrons. The van der Waals surface area contributed by atoms with Crippen molar-refractivity contribution in [3.8, 4) is 11.4 Å². The highest BCUT2D eigenvalue weighted by molar-refractivity contribution is 5.73. The SMILES string of the molecule is Cc1cn2cc(-n3ccccc3=O)cc(O)c2n1.O=C(O)C(F)(F)F. The van der Waals surface area contributed by atoms with Crippen molar-refractivity contribution >= 4 is 11.6 Å². The number of carboxylic acids is 1. The molecule has 3 rings (SSSR count). The van der Waals surface area contributed by atoms with E-state index in [0.717, 1.165) is 5.69 Å². The lowest BCUT2D eigenvalue weighted by molar-refractivity contribution is -0.192. The van der Waals surface area contributed by atoms with Crippen molar-refractivity contribution in [2.24, 2.45) is 0 Å². The Hall–Kier alpha value is -3.30. The molecule has 7 nitrogen and oxygen atoms in total. The van der Waals surface area contributed by atoms with Crippen LogP contribution in [0.25, 0.3) is 11.3 Å². The van der Waals surface area contributed by atoms with E-state index >= 15 is 0 Å². The van der Waals surface area contributed by atoms with Crippen LogP contribution in [0.15, 0.2) is 47.7 Å². The Balaban J connectivity index is 0.000000277. The first-order valence-corrected chi connectivity index (χ1v) is 6.76. The molecule has 0 saturated carbocycles. The molecule has 0 saturated heterocycles. The molecule has 2 N–H and O–H groups in total. The van der Waals surface area contributed by atoms with Crippen LogP contribution in [0, 0.1) is 6.92 Å². The minimum atomic E-state index is -5.08. The molecular formula is C15H12F3N3O4. The normalized spacial score (nSPS) is 11.0. The van der Waals surface area contributed by atoms with E-state index in [1.807, 2.05) is 6.92 Å². The van der Waals surface area contributed by atoms with Gasteiger partial charge in [0.2, 0.25) is 0 Å². The van der Waals surface area contributed by atoms with Crippen molar-refractivity contribution in [1.82, 2.24) is 14.0 Å². The van der Waals surface area contributed by atoms with E-state index < -0.39 is 12.1 Å². The smallest absolute Gasteiger partial charge is 0.490 e. The molecule has 0 spiro atoms. The Labute approximate surface area is 138 Å². The summed E-state index contributed by atoms with van der Waals surface area (Å²) >= 11 is 0. The lowest BCUT2D eigenvalue weighted by Crippen LogP contribution is -2.21. The van der Waals surface area contributed by atoms with Crippen molar-refractivity contribution in [3.05, 3.63) is 58.9 Å². The van der Waals surface area contributed by atoms with Gasteiger partial charge in [0.05, 0.1) is 11.4 Å². The zero-order chi connectivity index (χ0) is 18.8. The van der Waals surface area contributed by atoms with Crippen LogP contribution in [0.3, 0.4) is 0 Å². The molecular weight excluding hydrogens is 343 g/mol. The van der Waals surface area contributed by atoms with Crippen molar-refractivity contribution in [3.63, 3.8) is 0 Å². The second-order valence-corrected chi connectivity index (χ2v) is 4.91. The second-order valence-electron chi connectivity index (χ2n) is 4.91. The van der Waals surface area contributed by atoms with Crippen molar-refractivity contribution < 1.29 is 28.2 Å². The average molecular weight is 355 g/mol. The number of aromatic hydroxyl groups is 1. The van der Waals surface area contributed by atoms with Crippen LogP contribution in [0.4, 0.5) is 13.2 Å². The maximum absolute atomic E-state index is 11.7. The van der Waals surface area contributed by atoms with E-state index in [1.54, 1.807) is 35.1 Å². The molecule has 0 aliphatic heterocycles. The fourth-order valence-corrected chi connectivity index (χ4v) is 1.96. The number of hydrogen-bond donors (Lipinski definition) is 2. The molecule has 0 aliphatic carbocycles. The van der Waals surface area contributed by atoms with E-state index in [2.05, 4.69) is 4.98 Å². The number of imidazole rings is 1. The Morgan fingerprint density at radius 1 is 1.24 bits per heavy atom. The molecule has 3 aromatic rings. The maximum atomic E-state index is 11.7. The van der Waals surface area contributed by atoms with Gasteiger partial charge in [-0.1, -0.05) is 6.07 Å². The van der Waals surface area contributed by atoms with Gasteiger partial charge in [-0.05, 0) is 13.0 Å². The highest BCUT2D eigenvalue weighted by Gasteiger charge is 2.38. The summed E-state index contributed by atoms with van der Waals surface area (Å²) in [6.45, 7) is 1.85. The summed E-state index contributed by atoms with van der Waals surface area (Å²) in [5, 5.41) is 17.0. The van der Waals surface area contributed by atoms with Gasteiger partial charge in [-0.25, -0.2) is 9.78 Å². The number of rotatable bonds is 1. The number of carbonyl (C=O) groups is 1. The van der Waals surface area contributed by atoms with E-state index in [4.69, 9.17) is 9.90 Å². The summed E-state index contributed by atoms with van der Waals surface area (Å²) in [5.74, 6) is -2.70. The Bertz CT molecular complexity index is 976. The standard InChI is InChI=1S/C13H11N3O2.C2HF3O2/c1-9-7-15-8-10(6-11(17)13(15)14-9)16-5-3-2-4-12(16)18;3-2(4,5)1(6)7/h2-8,17H,1H3;(H,6,7). The van der Waals surface area contributed by atoms with Gasteiger partial charge in [0.25, 0.3) is 5.56 Å². The third-order valence-corrected chi connectivity index (χ3v) is 2.98. The number of nitrogens with zero attached hydrogens (tertiary/aromatic N) is 3. The molecule has 3 heterocycles. The largest absolute Gasteiger partial charge is 0.504 e. The third kappa shape index (κ3) is 4.16. The van der Waals surface area contributed by atoms with Crippen LogP contribution in [-0.2, 0) is 4.79 Å². The highest BCUT2D eigenvalue weighted by atomic mass is 19.4. The number of alkyl halides is 3. The highest BCUT2D eigenvalue weighted by Crippen LogP contribution is 2.21. The summed E-state index contributed by atoms with van der Waals surface area (Å²) in [4.78, 5) is 24.8. The zero-order valence-electron chi connectivity index (χ0n) is 12.7. The summed E-state index contributed by atoms with van der Waals surface area (Å²) in [6.07, 6.45) is 0.135. The Morgan fingerprint density at radius 3 is 2.44 bits per heavy atom. The Morgan fingerprint density at radius 2 is 1.88 bits per heavy atom. The van der Waals surface area contributed by atoms with Crippen LogP contribution in [0.5, 0.6) is 5.75 Å². The minimum absolute atomic E-state index is 0.0522. The molecule has 0 aromatic carbocycles. The molecule has 0 atom stereocenters. The van der Waals surface area contributed by atoms with Gasteiger partial charge in [0.15, 0.2) is 11.4 Å². The molecule has 0 bridgehead atoms. The summed E-state index contributed by atoms with van der Waals surface area (Å²) in [6, 6.07) is 6.45. The number of fused-ring (bicyclic) bond motifs is 1. The quantitative estimate of drug-likeness (QED) is 0.697. The molecule has 0 aliphatic rings. The first kappa shape index (κ1) is 18.0. The average Bonchev–Trinajstić information content (AvgIpc) is 2.88. The number of hydrogen-bond acceptors (Lipinski definition) is 4. The van der Waals surface area contributed by atoms with Gasteiger partial charge < -0.3 is 14.6 Å². The maximum Gasteiger partial charge on any atom is 0.490 e. The predicted molar refractivity (Wildman–Crippen MR) is 80.9 cm³/mol. The number of aryl methyl sites for hydroxylation is 1. The van der Waals surface area contributed by atoms with Crippen LogP contribution in [0.2, 0.25) is 0 Å². The predicted octanol–water partition coefficient (Wildman–Crippen LogP) is 2.13. The first-order valence-electron chi connectivity index (χ1n) is 6.76. The Kier molecular flexibility index (Phi) is 4.82. The van der Waals surface area contributed by atoms with Gasteiger partial charge in [-0.2, -0.15) is 13.2 Å². The van der Waals surface area contributed by atoms with Crippen molar-refractivity contribution in [1.29, 1.82) is 0 Å². The molecule has 3 aromatic heterocycles. The molecule has 10 heteroatoms. The van der Waals surface area contributed by atoms with Gasteiger partial charge in [-0.15, -0.1) is 0 Å². The van der Waals surface area contributed by atoms with Gasteiger partial charge in [0, 0.05) is 30.7 Å². The van der Waals surface area contributed by atoms with Crippen molar-refractivity contribution in [2.75, 3.05) is 0 Å². The molecule has 0 amide bonds. The van der Waals surface area contributed by atoms with E-state index in [9.17, 15) is 23.1 Å². The summed E-state index contributed by atoms with van der Waals surface area (Å²) < 4.78 is 34.9. The van der Waals surface area contributed by atoms with Gasteiger partial charge in [-0.3, -0.25) is 9.36 Å². The van der Waals surface area contributed by atoms with Crippen LogP contribution < -0.4 is 5.56 Å². The van der Waals surface area contributed by atoms with Crippen LogP contribution >= 0.6 is 0 Å². The number of halogens is 3. The van der Waals surface area contributed by atoms with Gasteiger partial charge in [0.1, 0.15) is 0 Å². The number of carboxylic acid groups (broad SMARTS) is 1. The zero-order valence-corrected chi connectivity index (χ0v) is 12.7. The fraction of sp³-hybridized carbons (Fsp3) is 0.133. The molecule has 132 valence electrons. The van der Waals surface area contributed by atoms with Crippen LogP contribution in [0.1, 0.15) is 5.69 Å². The number of aromatic nitrogens is 3. The molecule has 0 unspecified atom stereocenters. The summed E-state index contributed by atoms with van der Waals surface area (Å²) in [7, 11) is 0. The third-order valence-electron chi connectivity index (χ3n) is 2.98. The van der Waals surface area contributed by atoms with E-state index in [1.165, 1.54) is 16.7 Å². The lowest BCUT2D eigenvalue weighted by atomic mass is 10.3. The monoisotopic (exact) mass is 355 g/mol. The number of pyridine rings is 2. The molecule has 0 fully saturated rings. The minimum Gasteiger partial charge on any atom is -0.504 e. The van der Waals surface area contributed by atoms with Crippen molar-refractivity contribution in [2.45, 2.75) is 13.1 Å². The number of aliphatic carboxylic acids is 1. The van der Waals surface area contributed by atoms with Gasteiger partial charge >= 0.3 is 12.1 Å². The van der Waals surface area contributed by atoms with Crippen LogP contribution in [-0.4, -0.2) is 36.3 Å². The summed E-state index contributed by atoms with van der Waals surface area (Å²) in [5.41, 5.74) is 1.75. The molecule has 25 heavy (non-hydrogen) atoms. The van der Waals surface area contributed by atoms with E-state index in [-0.39, 0.29) is 11.3 Å².